The molecule has 3 N–H and O–H groups in total. The van der Waals surface area contributed by atoms with Crippen LogP contribution in [0.2, 0.25) is 5.02 Å². The Bertz CT molecular complexity index is 824. The maximum atomic E-state index is 12.2. The molecule has 5 nitrogen and oxygen atoms in total. The molecule has 128 valence electrons. The van der Waals surface area contributed by atoms with Crippen molar-refractivity contribution in [2.75, 3.05) is 11.9 Å². The number of anilines is 1. The second-order valence-electron chi connectivity index (χ2n) is 5.45. The summed E-state index contributed by atoms with van der Waals surface area (Å²) in [5.41, 5.74) is 2.44. The number of nitrogens with zero attached hydrogens (tertiary/aromatic N) is 1. The SMILES string of the molecule is Cc1ccc(Cl)cc1NC(=O)/C(C#N)=C\NCCc1ccc(O)cc1. The minimum absolute atomic E-state index is 0.0231. The minimum atomic E-state index is -0.495. The van der Waals surface area contributed by atoms with E-state index in [9.17, 15) is 15.2 Å². The van der Waals surface area contributed by atoms with Gasteiger partial charge in [0, 0.05) is 23.5 Å². The number of carbonyl (C=O) groups excluding carboxylic acids is 1. The lowest BCUT2D eigenvalue weighted by atomic mass is 10.1. The van der Waals surface area contributed by atoms with Gasteiger partial charge in [0.1, 0.15) is 17.4 Å². The third-order valence-electron chi connectivity index (χ3n) is 3.55. The van der Waals surface area contributed by atoms with E-state index in [-0.39, 0.29) is 11.3 Å². The maximum Gasteiger partial charge on any atom is 0.267 e. The predicted molar refractivity (Wildman–Crippen MR) is 98.3 cm³/mol. The second-order valence-corrected chi connectivity index (χ2v) is 5.89. The van der Waals surface area contributed by atoms with E-state index in [1.807, 2.05) is 25.1 Å². The average Bonchev–Trinajstić information content (AvgIpc) is 2.59. The molecule has 0 aliphatic heterocycles. The summed E-state index contributed by atoms with van der Waals surface area (Å²) in [4.78, 5) is 12.2. The zero-order chi connectivity index (χ0) is 18.2. The van der Waals surface area contributed by atoms with Crippen LogP contribution in [0, 0.1) is 18.3 Å². The van der Waals surface area contributed by atoms with Crippen molar-refractivity contribution in [2.45, 2.75) is 13.3 Å². The largest absolute Gasteiger partial charge is 0.508 e. The van der Waals surface area contributed by atoms with Crippen LogP contribution in [-0.2, 0) is 11.2 Å². The van der Waals surface area contributed by atoms with Crippen LogP contribution in [0.3, 0.4) is 0 Å². The molecule has 0 spiro atoms. The third-order valence-corrected chi connectivity index (χ3v) is 3.79. The maximum absolute atomic E-state index is 12.2. The first-order chi connectivity index (χ1) is 12.0. The average molecular weight is 356 g/mol. The highest BCUT2D eigenvalue weighted by molar-refractivity contribution is 6.31. The molecule has 25 heavy (non-hydrogen) atoms. The van der Waals surface area contributed by atoms with Crippen molar-refractivity contribution in [3.63, 3.8) is 0 Å². The first-order valence-corrected chi connectivity index (χ1v) is 8.06. The number of hydrogen-bond donors (Lipinski definition) is 3. The van der Waals surface area contributed by atoms with Crippen molar-refractivity contribution in [3.8, 4) is 11.8 Å². The van der Waals surface area contributed by atoms with Crippen LogP contribution < -0.4 is 10.6 Å². The molecule has 0 fully saturated rings. The van der Waals surface area contributed by atoms with Crippen LogP contribution in [0.4, 0.5) is 5.69 Å². The highest BCUT2D eigenvalue weighted by Crippen LogP contribution is 2.20. The van der Waals surface area contributed by atoms with E-state index in [1.54, 1.807) is 30.3 Å². The Balaban J connectivity index is 1.92. The number of hydrogen-bond acceptors (Lipinski definition) is 4. The van der Waals surface area contributed by atoms with E-state index in [1.165, 1.54) is 6.20 Å². The Morgan fingerprint density at radius 2 is 2.00 bits per heavy atom. The zero-order valence-corrected chi connectivity index (χ0v) is 14.5. The molecule has 0 aromatic heterocycles. The molecule has 0 radical (unpaired) electrons. The summed E-state index contributed by atoms with van der Waals surface area (Å²) >= 11 is 5.93. The third kappa shape index (κ3) is 5.55. The summed E-state index contributed by atoms with van der Waals surface area (Å²) in [7, 11) is 0. The molecular formula is C19H18ClN3O2. The molecule has 0 heterocycles. The molecule has 0 saturated carbocycles. The number of nitriles is 1. The first kappa shape index (κ1) is 18.4. The number of amides is 1. The van der Waals surface area contributed by atoms with Gasteiger partial charge in [-0.2, -0.15) is 5.26 Å². The molecule has 0 saturated heterocycles. The van der Waals surface area contributed by atoms with Gasteiger partial charge in [-0.25, -0.2) is 0 Å². The van der Waals surface area contributed by atoms with Crippen molar-refractivity contribution < 1.29 is 9.90 Å². The topological polar surface area (TPSA) is 85.2 Å². The summed E-state index contributed by atoms with van der Waals surface area (Å²) in [5, 5.41) is 24.6. The molecule has 1 amide bonds. The fraction of sp³-hybridized carbons (Fsp3) is 0.158. The van der Waals surface area contributed by atoms with Crippen LogP contribution >= 0.6 is 11.6 Å². The van der Waals surface area contributed by atoms with Gasteiger partial charge in [-0.3, -0.25) is 4.79 Å². The van der Waals surface area contributed by atoms with Gasteiger partial charge in [-0.05, 0) is 48.7 Å². The first-order valence-electron chi connectivity index (χ1n) is 7.68. The Morgan fingerprint density at radius 3 is 2.68 bits per heavy atom. The van der Waals surface area contributed by atoms with E-state index in [0.29, 0.717) is 23.7 Å². The predicted octanol–water partition coefficient (Wildman–Crippen LogP) is 3.53. The highest BCUT2D eigenvalue weighted by atomic mass is 35.5. The van der Waals surface area contributed by atoms with Gasteiger partial charge < -0.3 is 15.7 Å². The van der Waals surface area contributed by atoms with E-state index in [0.717, 1.165) is 11.1 Å². The number of aromatic hydroxyl groups is 1. The van der Waals surface area contributed by atoms with Gasteiger partial charge in [0.15, 0.2) is 0 Å². The molecule has 0 bridgehead atoms. The van der Waals surface area contributed by atoms with Crippen molar-refractivity contribution >= 4 is 23.2 Å². The minimum Gasteiger partial charge on any atom is -0.508 e. The van der Waals surface area contributed by atoms with E-state index in [2.05, 4.69) is 10.6 Å². The Morgan fingerprint density at radius 1 is 1.28 bits per heavy atom. The number of phenols is 1. The summed E-state index contributed by atoms with van der Waals surface area (Å²) in [5.74, 6) is -0.277. The number of aryl methyl sites for hydroxylation is 1. The lowest BCUT2D eigenvalue weighted by Gasteiger charge is -2.08. The quantitative estimate of drug-likeness (QED) is 0.420. The summed E-state index contributed by atoms with van der Waals surface area (Å²) in [6.45, 7) is 2.40. The molecular weight excluding hydrogens is 338 g/mol. The van der Waals surface area contributed by atoms with Crippen LogP contribution in [0.5, 0.6) is 5.75 Å². The summed E-state index contributed by atoms with van der Waals surface area (Å²) < 4.78 is 0. The second kappa shape index (κ2) is 8.76. The molecule has 0 aliphatic carbocycles. The summed E-state index contributed by atoms with van der Waals surface area (Å²) in [6, 6.07) is 13.9. The fourth-order valence-corrected chi connectivity index (χ4v) is 2.29. The van der Waals surface area contributed by atoms with Crippen LogP contribution in [0.1, 0.15) is 11.1 Å². The lowest BCUT2D eigenvalue weighted by molar-refractivity contribution is -0.112. The lowest BCUT2D eigenvalue weighted by Crippen LogP contribution is -2.18. The standard InChI is InChI=1S/C19H18ClN3O2/c1-13-2-5-16(20)10-18(13)23-19(25)15(11-21)12-22-9-8-14-3-6-17(24)7-4-14/h2-7,10,12,22,24H,8-9H2,1H3,(H,23,25)/b15-12-. The normalized spacial score (nSPS) is 10.8. The van der Waals surface area contributed by atoms with Crippen LogP contribution in [0.25, 0.3) is 0 Å². The van der Waals surface area contributed by atoms with Crippen molar-refractivity contribution in [1.29, 1.82) is 5.26 Å². The Labute approximate surface area is 151 Å². The monoisotopic (exact) mass is 355 g/mol. The van der Waals surface area contributed by atoms with Gasteiger partial charge in [-0.1, -0.05) is 29.8 Å². The van der Waals surface area contributed by atoms with Gasteiger partial charge in [0.25, 0.3) is 5.91 Å². The van der Waals surface area contributed by atoms with Crippen molar-refractivity contribution in [1.82, 2.24) is 5.32 Å². The van der Waals surface area contributed by atoms with Crippen molar-refractivity contribution in [2.24, 2.45) is 0 Å². The number of phenolic OH excluding ortho intramolecular Hbond substituents is 1. The van der Waals surface area contributed by atoms with E-state index in [4.69, 9.17) is 11.6 Å². The number of carbonyl (C=O) groups is 1. The smallest absolute Gasteiger partial charge is 0.267 e. The molecule has 2 rings (SSSR count). The molecule has 2 aromatic carbocycles. The summed E-state index contributed by atoms with van der Waals surface area (Å²) in [6.07, 6.45) is 2.10. The molecule has 2 aromatic rings. The van der Waals surface area contributed by atoms with Gasteiger partial charge in [0.2, 0.25) is 0 Å². The number of rotatable bonds is 6. The van der Waals surface area contributed by atoms with Gasteiger partial charge in [0.05, 0.1) is 0 Å². The Kier molecular flexibility index (Phi) is 6.44. The van der Waals surface area contributed by atoms with Gasteiger partial charge in [-0.15, -0.1) is 0 Å². The van der Waals surface area contributed by atoms with Crippen LogP contribution in [-0.4, -0.2) is 17.6 Å². The molecule has 0 aliphatic rings. The number of benzene rings is 2. The Hall–Kier alpha value is -2.97. The fourth-order valence-electron chi connectivity index (χ4n) is 2.12. The van der Waals surface area contributed by atoms with E-state index >= 15 is 0 Å². The number of nitrogens with one attached hydrogen (secondary N) is 2. The number of halogens is 1. The molecule has 0 unspecified atom stereocenters. The zero-order valence-electron chi connectivity index (χ0n) is 13.7. The van der Waals surface area contributed by atoms with Gasteiger partial charge >= 0.3 is 0 Å². The van der Waals surface area contributed by atoms with E-state index < -0.39 is 5.91 Å². The highest BCUT2D eigenvalue weighted by Gasteiger charge is 2.10. The molecule has 0 atom stereocenters. The van der Waals surface area contributed by atoms with Crippen LogP contribution in [0.15, 0.2) is 54.2 Å². The molecule has 6 heteroatoms. The van der Waals surface area contributed by atoms with Crippen molar-refractivity contribution in [3.05, 3.63) is 70.4 Å².